The third kappa shape index (κ3) is 7.97. The molecule has 1 aromatic carbocycles. The molecule has 7 nitrogen and oxygen atoms in total. The smallest absolute Gasteiger partial charge is 0.221 e. The van der Waals surface area contributed by atoms with Crippen LogP contribution in [0.3, 0.4) is 0 Å². The first-order valence-electron chi connectivity index (χ1n) is 9.66. The molecule has 3 N–H and O–H groups in total. The van der Waals surface area contributed by atoms with Gasteiger partial charge in [-0.25, -0.2) is 0 Å². The summed E-state index contributed by atoms with van der Waals surface area (Å²) in [7, 11) is 0. The van der Waals surface area contributed by atoms with Gasteiger partial charge < -0.3 is 20.7 Å². The number of benzene rings is 1. The molecular weight excluding hydrogens is 344 g/mol. The Labute approximate surface area is 161 Å². The zero-order valence-electron chi connectivity index (χ0n) is 16.4. The predicted octanol–water partition coefficient (Wildman–Crippen LogP) is 0.626. The van der Waals surface area contributed by atoms with Crippen LogP contribution < -0.4 is 15.8 Å². The highest BCUT2D eigenvalue weighted by Crippen LogP contribution is 2.13. The van der Waals surface area contributed by atoms with E-state index in [1.807, 2.05) is 36.1 Å². The molecular formula is C20H32N4O3. The van der Waals surface area contributed by atoms with Crippen LogP contribution in [0.4, 0.5) is 0 Å². The Bertz CT molecular complexity index is 596. The minimum Gasteiger partial charge on any atom is -0.492 e. The maximum absolute atomic E-state index is 11.6. The molecule has 0 radical (unpaired) electrons. The lowest BCUT2D eigenvalue weighted by atomic mass is 10.1. The molecule has 1 saturated heterocycles. The van der Waals surface area contributed by atoms with Gasteiger partial charge in [0.1, 0.15) is 12.4 Å². The van der Waals surface area contributed by atoms with Crippen LogP contribution in [0.5, 0.6) is 5.75 Å². The highest BCUT2D eigenvalue weighted by atomic mass is 16.5. The van der Waals surface area contributed by atoms with Crippen LogP contribution >= 0.6 is 0 Å². The predicted molar refractivity (Wildman–Crippen MR) is 106 cm³/mol. The van der Waals surface area contributed by atoms with Gasteiger partial charge in [0.15, 0.2) is 0 Å². The first-order chi connectivity index (χ1) is 12.9. The summed E-state index contributed by atoms with van der Waals surface area (Å²) < 4.78 is 5.82. The fourth-order valence-electron chi connectivity index (χ4n) is 3.04. The average Bonchev–Trinajstić information content (AvgIpc) is 2.63. The van der Waals surface area contributed by atoms with Gasteiger partial charge in [-0.2, -0.15) is 0 Å². The average molecular weight is 377 g/mol. The maximum atomic E-state index is 11.6. The van der Waals surface area contributed by atoms with Gasteiger partial charge in [-0.1, -0.05) is 12.1 Å². The van der Waals surface area contributed by atoms with Gasteiger partial charge in [0.2, 0.25) is 11.8 Å². The quantitative estimate of drug-likeness (QED) is 0.660. The second-order valence-electron chi connectivity index (χ2n) is 7.12. The first kappa shape index (κ1) is 21.2. The number of carbonyl (C=O) groups excluding carboxylic acids is 2. The largest absolute Gasteiger partial charge is 0.492 e. The lowest BCUT2D eigenvalue weighted by Crippen LogP contribution is -2.48. The van der Waals surface area contributed by atoms with E-state index in [2.05, 4.69) is 10.2 Å². The van der Waals surface area contributed by atoms with Crippen LogP contribution in [0.25, 0.3) is 0 Å². The molecule has 2 amide bonds. The van der Waals surface area contributed by atoms with Gasteiger partial charge in [-0.3, -0.25) is 14.5 Å². The van der Waals surface area contributed by atoms with Gasteiger partial charge >= 0.3 is 0 Å². The Morgan fingerprint density at radius 3 is 2.44 bits per heavy atom. The first-order valence-corrected chi connectivity index (χ1v) is 9.66. The lowest BCUT2D eigenvalue weighted by Gasteiger charge is -2.34. The highest BCUT2D eigenvalue weighted by molar-refractivity contribution is 5.76. The number of carbonyl (C=O) groups is 2. The van der Waals surface area contributed by atoms with Crippen LogP contribution in [0.1, 0.15) is 25.8 Å². The van der Waals surface area contributed by atoms with E-state index < -0.39 is 0 Å². The van der Waals surface area contributed by atoms with E-state index in [1.54, 1.807) is 6.92 Å². The molecule has 0 aliphatic carbocycles. The van der Waals surface area contributed by atoms with Crippen molar-refractivity contribution < 1.29 is 14.3 Å². The normalized spacial score (nSPS) is 16.0. The molecule has 1 aromatic rings. The third-order valence-corrected chi connectivity index (χ3v) is 4.66. The van der Waals surface area contributed by atoms with Gasteiger partial charge in [0, 0.05) is 58.7 Å². The third-order valence-electron chi connectivity index (χ3n) is 4.66. The van der Waals surface area contributed by atoms with Crippen LogP contribution in [0.2, 0.25) is 0 Å². The Hall–Kier alpha value is -2.12. The van der Waals surface area contributed by atoms with E-state index in [-0.39, 0.29) is 17.9 Å². The standard InChI is InChI=1S/C20H32N4O3/c1-16(21)15-20(26)22-8-7-18-3-5-19(6-4-18)27-14-13-23-9-11-24(12-10-23)17(2)25/h3-6,16H,7-15,21H2,1-2H3,(H,22,26). The van der Waals surface area contributed by atoms with Crippen molar-refractivity contribution in [3.63, 3.8) is 0 Å². The van der Waals surface area contributed by atoms with Crippen molar-refractivity contribution in [2.24, 2.45) is 5.73 Å². The number of rotatable bonds is 9. The highest BCUT2D eigenvalue weighted by Gasteiger charge is 2.18. The fraction of sp³-hybridized carbons (Fsp3) is 0.600. The van der Waals surface area contributed by atoms with Gasteiger partial charge in [-0.15, -0.1) is 0 Å². The lowest BCUT2D eigenvalue weighted by molar-refractivity contribution is -0.130. The summed E-state index contributed by atoms with van der Waals surface area (Å²) in [5.74, 6) is 0.996. The number of piperazine rings is 1. The number of nitrogens with zero attached hydrogens (tertiary/aromatic N) is 2. The molecule has 1 unspecified atom stereocenters. The Balaban J connectivity index is 1.61. The monoisotopic (exact) mass is 376 g/mol. The second-order valence-corrected chi connectivity index (χ2v) is 7.12. The van der Waals surface area contributed by atoms with Crippen molar-refractivity contribution in [2.75, 3.05) is 45.9 Å². The summed E-state index contributed by atoms with van der Waals surface area (Å²) >= 11 is 0. The van der Waals surface area contributed by atoms with E-state index in [0.717, 1.165) is 50.5 Å². The van der Waals surface area contributed by atoms with Crippen LogP contribution in [-0.2, 0) is 16.0 Å². The Morgan fingerprint density at radius 1 is 1.19 bits per heavy atom. The summed E-state index contributed by atoms with van der Waals surface area (Å²) in [6.45, 7) is 8.94. The summed E-state index contributed by atoms with van der Waals surface area (Å²) in [4.78, 5) is 27.1. The molecule has 0 spiro atoms. The maximum Gasteiger partial charge on any atom is 0.221 e. The van der Waals surface area contributed by atoms with E-state index in [0.29, 0.717) is 19.6 Å². The topological polar surface area (TPSA) is 87.9 Å². The number of hydrogen-bond donors (Lipinski definition) is 2. The number of amides is 2. The molecule has 1 fully saturated rings. The molecule has 1 aliphatic heterocycles. The molecule has 2 rings (SSSR count). The fourth-order valence-corrected chi connectivity index (χ4v) is 3.04. The molecule has 1 atom stereocenters. The van der Waals surface area contributed by atoms with Crippen LogP contribution in [0, 0.1) is 0 Å². The second kappa shape index (κ2) is 10.9. The van der Waals surface area contributed by atoms with Gasteiger partial charge in [0.05, 0.1) is 0 Å². The number of hydrogen-bond acceptors (Lipinski definition) is 5. The van der Waals surface area contributed by atoms with Crippen molar-refractivity contribution in [1.29, 1.82) is 0 Å². The number of nitrogens with one attached hydrogen (secondary N) is 1. The number of ether oxygens (including phenoxy) is 1. The summed E-state index contributed by atoms with van der Waals surface area (Å²) in [6.07, 6.45) is 1.14. The zero-order chi connectivity index (χ0) is 19.6. The Morgan fingerprint density at radius 2 is 1.85 bits per heavy atom. The number of nitrogens with two attached hydrogens (primary N) is 1. The molecule has 1 aliphatic rings. The molecule has 0 saturated carbocycles. The van der Waals surface area contributed by atoms with Gasteiger partial charge in [0.25, 0.3) is 0 Å². The van der Waals surface area contributed by atoms with Crippen LogP contribution in [-0.4, -0.2) is 73.5 Å². The molecule has 0 aromatic heterocycles. The molecule has 27 heavy (non-hydrogen) atoms. The molecule has 1 heterocycles. The van der Waals surface area contributed by atoms with Crippen molar-refractivity contribution in [2.45, 2.75) is 32.7 Å². The van der Waals surface area contributed by atoms with E-state index in [9.17, 15) is 9.59 Å². The van der Waals surface area contributed by atoms with E-state index >= 15 is 0 Å². The summed E-state index contributed by atoms with van der Waals surface area (Å²) in [5, 5.41) is 2.88. The van der Waals surface area contributed by atoms with Crippen molar-refractivity contribution in [3.8, 4) is 5.75 Å². The zero-order valence-corrected chi connectivity index (χ0v) is 16.4. The van der Waals surface area contributed by atoms with Crippen LogP contribution in [0.15, 0.2) is 24.3 Å². The van der Waals surface area contributed by atoms with Gasteiger partial charge in [-0.05, 0) is 31.0 Å². The van der Waals surface area contributed by atoms with E-state index in [4.69, 9.17) is 10.5 Å². The molecule has 150 valence electrons. The SMILES string of the molecule is CC(=O)N1CCN(CCOc2ccc(CCNC(=O)CC(C)N)cc2)CC1. The summed E-state index contributed by atoms with van der Waals surface area (Å²) in [5.41, 5.74) is 6.76. The summed E-state index contributed by atoms with van der Waals surface area (Å²) in [6, 6.07) is 7.87. The minimum absolute atomic E-state index is 0.00547. The van der Waals surface area contributed by atoms with Crippen molar-refractivity contribution in [3.05, 3.63) is 29.8 Å². The van der Waals surface area contributed by atoms with E-state index in [1.165, 1.54) is 0 Å². The van der Waals surface area contributed by atoms with Crippen molar-refractivity contribution in [1.82, 2.24) is 15.1 Å². The molecule has 0 bridgehead atoms. The molecule has 7 heteroatoms. The van der Waals surface area contributed by atoms with Crippen molar-refractivity contribution >= 4 is 11.8 Å². The Kier molecular flexibility index (Phi) is 8.54. The minimum atomic E-state index is -0.112.